The van der Waals surface area contributed by atoms with Crippen LogP contribution in [0.4, 0.5) is 0 Å². The second-order valence-electron chi connectivity index (χ2n) is 7.08. The summed E-state index contributed by atoms with van der Waals surface area (Å²) in [5.74, 6) is 0.0174. The first-order valence-electron chi connectivity index (χ1n) is 8.24. The van der Waals surface area contributed by atoms with Crippen molar-refractivity contribution in [2.75, 3.05) is 6.61 Å². The lowest BCUT2D eigenvalue weighted by atomic mass is 9.86. The van der Waals surface area contributed by atoms with Crippen LogP contribution in [0, 0.1) is 0 Å². The number of H-pyrrole nitrogens is 1. The van der Waals surface area contributed by atoms with E-state index in [2.05, 4.69) is 37.0 Å². The fourth-order valence-electron chi connectivity index (χ4n) is 3.27. The molecule has 4 heteroatoms. The molecule has 0 amide bonds. The summed E-state index contributed by atoms with van der Waals surface area (Å²) >= 11 is 0. The van der Waals surface area contributed by atoms with Crippen LogP contribution in [0.5, 0.6) is 5.75 Å². The van der Waals surface area contributed by atoms with Crippen LogP contribution in [0.15, 0.2) is 48.5 Å². The fourth-order valence-corrected chi connectivity index (χ4v) is 3.27. The van der Waals surface area contributed by atoms with Crippen LogP contribution >= 0.6 is 0 Å². The number of carbonyl (C=O) groups is 1. The Hall–Kier alpha value is -3.01. The van der Waals surface area contributed by atoms with Crippen molar-refractivity contribution in [2.45, 2.75) is 19.3 Å². The van der Waals surface area contributed by atoms with E-state index < -0.39 is 5.97 Å². The van der Waals surface area contributed by atoms with Gasteiger partial charge >= 0.3 is 5.97 Å². The minimum atomic E-state index is -0.946. The third-order valence-electron chi connectivity index (χ3n) is 4.67. The molecule has 0 spiro atoms. The van der Waals surface area contributed by atoms with E-state index in [1.165, 1.54) is 5.56 Å². The van der Waals surface area contributed by atoms with E-state index in [1.807, 2.05) is 24.3 Å². The van der Waals surface area contributed by atoms with E-state index in [0.717, 1.165) is 39.5 Å². The topological polar surface area (TPSA) is 62.3 Å². The molecule has 1 aliphatic rings. The third kappa shape index (κ3) is 2.80. The number of fused-ring (bicyclic) bond motifs is 2. The minimum Gasteiger partial charge on any atom is -0.492 e. The summed E-state index contributed by atoms with van der Waals surface area (Å²) in [5, 5.41) is 9.81. The Balaban J connectivity index is 1.74. The van der Waals surface area contributed by atoms with Crippen LogP contribution in [-0.2, 0) is 10.2 Å². The molecule has 1 aromatic heterocycles. The zero-order valence-electron chi connectivity index (χ0n) is 14.2. The van der Waals surface area contributed by atoms with Gasteiger partial charge in [0.25, 0.3) is 0 Å². The van der Waals surface area contributed by atoms with Crippen LogP contribution in [0.2, 0.25) is 0 Å². The highest BCUT2D eigenvalue weighted by Crippen LogP contribution is 2.40. The van der Waals surface area contributed by atoms with E-state index in [4.69, 9.17) is 9.84 Å². The molecule has 0 radical (unpaired) electrons. The number of hydrogen-bond donors (Lipinski definition) is 2. The Bertz CT molecular complexity index is 1010. The van der Waals surface area contributed by atoms with E-state index in [1.54, 1.807) is 6.08 Å². The smallest absolute Gasteiger partial charge is 0.328 e. The Morgan fingerprint density at radius 3 is 2.84 bits per heavy atom. The number of aromatic amines is 1. The molecule has 0 saturated carbocycles. The van der Waals surface area contributed by atoms with Gasteiger partial charge in [-0.25, -0.2) is 4.79 Å². The molecule has 1 aliphatic heterocycles. The van der Waals surface area contributed by atoms with E-state index in [-0.39, 0.29) is 5.41 Å². The number of rotatable bonds is 3. The second-order valence-corrected chi connectivity index (χ2v) is 7.08. The average molecular weight is 333 g/mol. The van der Waals surface area contributed by atoms with Gasteiger partial charge < -0.3 is 14.8 Å². The Kier molecular flexibility index (Phi) is 3.42. The van der Waals surface area contributed by atoms with Crippen molar-refractivity contribution < 1.29 is 14.6 Å². The predicted molar refractivity (Wildman–Crippen MR) is 98.9 cm³/mol. The number of nitrogens with one attached hydrogen (secondary N) is 1. The van der Waals surface area contributed by atoms with Crippen molar-refractivity contribution in [3.8, 4) is 17.0 Å². The maximum atomic E-state index is 10.7. The maximum absolute atomic E-state index is 10.7. The molecule has 0 atom stereocenters. The van der Waals surface area contributed by atoms with Gasteiger partial charge in [-0.05, 0) is 53.6 Å². The first-order chi connectivity index (χ1) is 11.9. The Morgan fingerprint density at radius 1 is 1.20 bits per heavy atom. The van der Waals surface area contributed by atoms with Gasteiger partial charge in [0.2, 0.25) is 0 Å². The number of hydrogen-bond acceptors (Lipinski definition) is 2. The summed E-state index contributed by atoms with van der Waals surface area (Å²) in [6, 6.07) is 14.2. The number of ether oxygens (including phenoxy) is 1. The molecule has 0 unspecified atom stereocenters. The first-order valence-corrected chi connectivity index (χ1v) is 8.24. The van der Waals surface area contributed by atoms with Gasteiger partial charge in [-0.15, -0.1) is 0 Å². The molecule has 25 heavy (non-hydrogen) atoms. The number of carboxylic acids is 1. The van der Waals surface area contributed by atoms with Crippen LogP contribution in [0.1, 0.15) is 25.0 Å². The number of aliphatic carboxylic acids is 1. The number of aromatic nitrogens is 1. The molecule has 3 aromatic rings. The molecule has 0 saturated heterocycles. The van der Waals surface area contributed by atoms with E-state index >= 15 is 0 Å². The standard InChI is InChI=1S/C21H19NO3/c1-21(2)12-25-19-7-5-14(10-16(19)21)18-11-15-9-13(4-8-20(23)24)3-6-17(15)22-18/h3-11,22H,12H2,1-2H3,(H,23,24)/b8-4+. The molecular formula is C21H19NO3. The largest absolute Gasteiger partial charge is 0.492 e. The zero-order valence-corrected chi connectivity index (χ0v) is 14.2. The molecule has 0 bridgehead atoms. The van der Waals surface area contributed by atoms with Crippen molar-refractivity contribution in [2.24, 2.45) is 0 Å². The summed E-state index contributed by atoms with van der Waals surface area (Å²) in [7, 11) is 0. The monoisotopic (exact) mass is 333 g/mol. The van der Waals surface area contributed by atoms with Gasteiger partial charge in [0, 0.05) is 33.7 Å². The highest BCUT2D eigenvalue weighted by atomic mass is 16.5. The van der Waals surface area contributed by atoms with Gasteiger partial charge in [-0.3, -0.25) is 0 Å². The maximum Gasteiger partial charge on any atom is 0.328 e. The Morgan fingerprint density at radius 2 is 2.04 bits per heavy atom. The minimum absolute atomic E-state index is 0.0200. The van der Waals surface area contributed by atoms with Gasteiger partial charge in [0.05, 0.1) is 6.61 Å². The van der Waals surface area contributed by atoms with Crippen LogP contribution in [0.3, 0.4) is 0 Å². The van der Waals surface area contributed by atoms with Crippen molar-refractivity contribution in [1.29, 1.82) is 0 Å². The third-order valence-corrected chi connectivity index (χ3v) is 4.67. The highest BCUT2D eigenvalue weighted by molar-refractivity contribution is 5.90. The number of benzene rings is 2. The van der Waals surface area contributed by atoms with Gasteiger partial charge in [0.15, 0.2) is 0 Å². The summed E-state index contributed by atoms with van der Waals surface area (Å²) in [5.41, 5.74) is 5.30. The average Bonchev–Trinajstić information content (AvgIpc) is 3.13. The van der Waals surface area contributed by atoms with Gasteiger partial charge in [0.1, 0.15) is 5.75 Å². The quantitative estimate of drug-likeness (QED) is 0.688. The molecule has 4 nitrogen and oxygen atoms in total. The molecule has 0 aliphatic carbocycles. The summed E-state index contributed by atoms with van der Waals surface area (Å²) < 4.78 is 5.76. The molecule has 2 aromatic carbocycles. The fraction of sp³-hybridized carbons (Fsp3) is 0.190. The summed E-state index contributed by atoms with van der Waals surface area (Å²) in [6.07, 6.45) is 2.75. The molecule has 2 N–H and O–H groups in total. The lowest BCUT2D eigenvalue weighted by molar-refractivity contribution is -0.131. The van der Waals surface area contributed by atoms with E-state index in [9.17, 15) is 4.79 Å². The van der Waals surface area contributed by atoms with Crippen molar-refractivity contribution >= 4 is 22.9 Å². The van der Waals surface area contributed by atoms with Crippen molar-refractivity contribution in [3.63, 3.8) is 0 Å². The predicted octanol–water partition coefficient (Wildman–Crippen LogP) is 4.60. The van der Waals surface area contributed by atoms with E-state index in [0.29, 0.717) is 6.61 Å². The first kappa shape index (κ1) is 15.5. The lowest BCUT2D eigenvalue weighted by Crippen LogP contribution is -2.18. The normalized spacial score (nSPS) is 15.4. The lowest BCUT2D eigenvalue weighted by Gasteiger charge is -2.15. The van der Waals surface area contributed by atoms with Crippen LogP contribution < -0.4 is 4.74 Å². The van der Waals surface area contributed by atoms with Crippen LogP contribution in [-0.4, -0.2) is 22.7 Å². The van der Waals surface area contributed by atoms with Crippen LogP contribution in [0.25, 0.3) is 28.2 Å². The molecule has 126 valence electrons. The second kappa shape index (κ2) is 5.52. The molecular weight excluding hydrogens is 314 g/mol. The van der Waals surface area contributed by atoms with Gasteiger partial charge in [-0.2, -0.15) is 0 Å². The molecule has 4 rings (SSSR count). The number of carboxylic acid groups (broad SMARTS) is 1. The van der Waals surface area contributed by atoms with Crippen molar-refractivity contribution in [1.82, 2.24) is 4.98 Å². The SMILES string of the molecule is CC1(C)COc2ccc(-c3cc4cc(/C=C/C(=O)O)ccc4[nH]3)cc21. The van der Waals surface area contributed by atoms with Crippen molar-refractivity contribution in [3.05, 3.63) is 59.7 Å². The molecule has 2 heterocycles. The Labute approximate surface area is 145 Å². The summed E-state index contributed by atoms with van der Waals surface area (Å²) in [6.45, 7) is 5.08. The van der Waals surface area contributed by atoms with Gasteiger partial charge in [-0.1, -0.05) is 19.9 Å². The zero-order chi connectivity index (χ0) is 17.6. The highest BCUT2D eigenvalue weighted by Gasteiger charge is 2.31. The molecule has 0 fully saturated rings. The summed E-state index contributed by atoms with van der Waals surface area (Å²) in [4.78, 5) is 14.1.